The number of rotatable bonds is 8. The van der Waals surface area contributed by atoms with E-state index in [9.17, 15) is 0 Å². The first-order valence-corrected chi connectivity index (χ1v) is 10.1. The van der Waals surface area contributed by atoms with Crippen molar-refractivity contribution in [3.8, 4) is 5.75 Å². The fourth-order valence-corrected chi connectivity index (χ4v) is 3.51. The highest BCUT2D eigenvalue weighted by atomic mass is 35.5. The number of anilines is 1. The number of piperidine rings is 1. The molecule has 0 aromatic heterocycles. The van der Waals surface area contributed by atoms with E-state index in [0.717, 1.165) is 49.9 Å². The molecule has 2 saturated heterocycles. The Morgan fingerprint density at radius 2 is 1.67 bits per heavy atom. The van der Waals surface area contributed by atoms with Gasteiger partial charge in [-0.15, -0.1) is 0 Å². The van der Waals surface area contributed by atoms with E-state index in [1.54, 1.807) is 0 Å². The van der Waals surface area contributed by atoms with E-state index in [1.807, 2.05) is 24.3 Å². The minimum Gasteiger partial charge on any atom is -0.491 e. The van der Waals surface area contributed by atoms with Crippen molar-refractivity contribution in [2.24, 2.45) is 5.92 Å². The summed E-state index contributed by atoms with van der Waals surface area (Å²) in [6, 6.07) is 16.3. The fourth-order valence-electron chi connectivity index (χ4n) is 3.39. The summed E-state index contributed by atoms with van der Waals surface area (Å²) in [5.41, 5.74) is 2.44. The van der Waals surface area contributed by atoms with Gasteiger partial charge >= 0.3 is 0 Å². The smallest absolute Gasteiger partial charge is 0.119 e. The average Bonchev–Trinajstić information content (AvgIpc) is 3.54. The maximum absolute atomic E-state index is 5.92. The van der Waals surface area contributed by atoms with Gasteiger partial charge in [0.25, 0.3) is 0 Å². The largest absolute Gasteiger partial charge is 0.491 e. The fraction of sp³-hybridized carbons (Fsp3) is 0.455. The molecule has 2 fully saturated rings. The van der Waals surface area contributed by atoms with Crippen LogP contribution < -0.4 is 9.64 Å². The van der Waals surface area contributed by atoms with Gasteiger partial charge in [0.1, 0.15) is 18.5 Å². The molecule has 0 amide bonds. The van der Waals surface area contributed by atoms with Crippen LogP contribution in [0.15, 0.2) is 48.5 Å². The van der Waals surface area contributed by atoms with Crippen LogP contribution >= 0.6 is 11.6 Å². The van der Waals surface area contributed by atoms with E-state index in [0.29, 0.717) is 25.2 Å². The van der Waals surface area contributed by atoms with Crippen LogP contribution in [0.5, 0.6) is 5.75 Å². The molecule has 27 heavy (non-hydrogen) atoms. The van der Waals surface area contributed by atoms with Gasteiger partial charge in [-0.3, -0.25) is 0 Å². The zero-order valence-electron chi connectivity index (χ0n) is 15.5. The second-order valence-electron chi connectivity index (χ2n) is 7.33. The number of hydrogen-bond donors (Lipinski definition) is 0. The number of benzene rings is 2. The molecular formula is C22H26ClNO3. The van der Waals surface area contributed by atoms with Crippen molar-refractivity contribution >= 4 is 17.3 Å². The second-order valence-corrected chi connectivity index (χ2v) is 7.77. The number of hydrogen-bond acceptors (Lipinski definition) is 4. The third kappa shape index (κ3) is 5.61. The van der Waals surface area contributed by atoms with Gasteiger partial charge in [0.05, 0.1) is 13.2 Å². The van der Waals surface area contributed by atoms with Crippen LogP contribution in [-0.4, -0.2) is 39.0 Å². The van der Waals surface area contributed by atoms with Crippen molar-refractivity contribution < 1.29 is 14.2 Å². The summed E-state index contributed by atoms with van der Waals surface area (Å²) in [6.45, 7) is 5.12. The summed E-state index contributed by atoms with van der Waals surface area (Å²) in [4.78, 5) is 2.45. The van der Waals surface area contributed by atoms with Gasteiger partial charge in [-0.05, 0) is 60.7 Å². The molecule has 144 valence electrons. The first kappa shape index (κ1) is 18.6. The Hall–Kier alpha value is -1.75. The topological polar surface area (TPSA) is 34.2 Å². The van der Waals surface area contributed by atoms with E-state index >= 15 is 0 Å². The molecule has 2 aromatic rings. The molecule has 2 heterocycles. The minimum atomic E-state index is 0.297. The van der Waals surface area contributed by atoms with Crippen molar-refractivity contribution in [2.75, 3.05) is 37.8 Å². The molecule has 5 heteroatoms. The Labute approximate surface area is 166 Å². The standard InChI is InChI=1S/C22H26ClNO3/c23-19-3-1-17(2-4-19)13-25-14-18-9-11-24(12-10-18)20-5-7-21(8-6-20)26-15-22-16-27-22/h1-8,18,22H,9-16H2. The lowest BCUT2D eigenvalue weighted by Crippen LogP contribution is -2.35. The van der Waals surface area contributed by atoms with Crippen molar-refractivity contribution in [1.29, 1.82) is 0 Å². The van der Waals surface area contributed by atoms with Crippen LogP contribution in [0.4, 0.5) is 5.69 Å². The summed E-state index contributed by atoms with van der Waals surface area (Å²) in [6.07, 6.45) is 2.63. The molecule has 2 aromatic carbocycles. The number of halogens is 1. The van der Waals surface area contributed by atoms with Crippen molar-refractivity contribution in [3.63, 3.8) is 0 Å². The van der Waals surface area contributed by atoms with Gasteiger partial charge in [0.2, 0.25) is 0 Å². The van der Waals surface area contributed by atoms with Gasteiger partial charge in [0, 0.05) is 30.4 Å². The SMILES string of the molecule is Clc1ccc(COCC2CCN(c3ccc(OCC4CO4)cc3)CC2)cc1. The Morgan fingerprint density at radius 1 is 0.963 bits per heavy atom. The lowest BCUT2D eigenvalue weighted by atomic mass is 9.97. The molecule has 0 saturated carbocycles. The second kappa shape index (κ2) is 8.96. The van der Waals surface area contributed by atoms with Crippen LogP contribution in [0, 0.1) is 5.92 Å². The highest BCUT2D eigenvalue weighted by molar-refractivity contribution is 6.30. The molecule has 0 N–H and O–H groups in total. The predicted octanol–water partition coefficient (Wildman–Crippen LogP) is 4.55. The van der Waals surface area contributed by atoms with Crippen LogP contribution in [0.2, 0.25) is 5.02 Å². The van der Waals surface area contributed by atoms with Gasteiger partial charge in [-0.2, -0.15) is 0 Å². The van der Waals surface area contributed by atoms with Crippen LogP contribution in [-0.2, 0) is 16.1 Å². The van der Waals surface area contributed by atoms with E-state index < -0.39 is 0 Å². The minimum absolute atomic E-state index is 0.297. The predicted molar refractivity (Wildman–Crippen MR) is 108 cm³/mol. The number of nitrogens with zero attached hydrogens (tertiary/aromatic N) is 1. The van der Waals surface area contributed by atoms with E-state index in [1.165, 1.54) is 11.3 Å². The first-order chi connectivity index (χ1) is 13.3. The number of ether oxygens (including phenoxy) is 3. The number of epoxide rings is 1. The molecule has 4 nitrogen and oxygen atoms in total. The van der Waals surface area contributed by atoms with Crippen molar-refractivity contribution in [3.05, 3.63) is 59.1 Å². The monoisotopic (exact) mass is 387 g/mol. The van der Waals surface area contributed by atoms with Crippen LogP contribution in [0.25, 0.3) is 0 Å². The zero-order chi connectivity index (χ0) is 18.5. The molecule has 1 atom stereocenters. The third-order valence-corrected chi connectivity index (χ3v) is 5.44. The van der Waals surface area contributed by atoms with E-state index in [2.05, 4.69) is 29.2 Å². The third-order valence-electron chi connectivity index (χ3n) is 5.19. The van der Waals surface area contributed by atoms with Gasteiger partial charge < -0.3 is 19.1 Å². The highest BCUT2D eigenvalue weighted by Gasteiger charge is 2.23. The highest BCUT2D eigenvalue weighted by Crippen LogP contribution is 2.26. The Kier molecular flexibility index (Phi) is 6.17. The summed E-state index contributed by atoms with van der Waals surface area (Å²) in [7, 11) is 0. The van der Waals surface area contributed by atoms with Gasteiger partial charge in [-0.1, -0.05) is 23.7 Å². The zero-order valence-corrected chi connectivity index (χ0v) is 16.2. The maximum atomic E-state index is 5.92. The van der Waals surface area contributed by atoms with Gasteiger partial charge in [0.15, 0.2) is 0 Å². The average molecular weight is 388 g/mol. The summed E-state index contributed by atoms with van der Waals surface area (Å²) >= 11 is 5.91. The molecular weight excluding hydrogens is 362 g/mol. The lowest BCUT2D eigenvalue weighted by molar-refractivity contribution is 0.0786. The van der Waals surface area contributed by atoms with E-state index in [4.69, 9.17) is 25.8 Å². The molecule has 1 unspecified atom stereocenters. The van der Waals surface area contributed by atoms with Gasteiger partial charge in [-0.25, -0.2) is 0 Å². The van der Waals surface area contributed by atoms with Crippen LogP contribution in [0.1, 0.15) is 18.4 Å². The summed E-state index contributed by atoms with van der Waals surface area (Å²) in [5.74, 6) is 1.55. The molecule has 0 radical (unpaired) electrons. The molecule has 0 spiro atoms. The lowest BCUT2D eigenvalue weighted by Gasteiger charge is -2.33. The summed E-state index contributed by atoms with van der Waals surface area (Å²) in [5, 5.41) is 0.766. The molecule has 4 rings (SSSR count). The molecule has 2 aliphatic heterocycles. The normalized spacial score (nSPS) is 19.9. The Balaban J connectivity index is 1.17. The Bertz CT molecular complexity index is 707. The van der Waals surface area contributed by atoms with Crippen molar-refractivity contribution in [2.45, 2.75) is 25.6 Å². The molecule has 2 aliphatic rings. The van der Waals surface area contributed by atoms with E-state index in [-0.39, 0.29) is 0 Å². The molecule has 0 aliphatic carbocycles. The first-order valence-electron chi connectivity index (χ1n) is 9.68. The maximum Gasteiger partial charge on any atom is 0.119 e. The van der Waals surface area contributed by atoms with Crippen molar-refractivity contribution in [1.82, 2.24) is 0 Å². The molecule has 0 bridgehead atoms. The Morgan fingerprint density at radius 3 is 2.33 bits per heavy atom. The quantitative estimate of drug-likeness (QED) is 0.622. The summed E-state index contributed by atoms with van der Waals surface area (Å²) < 4.78 is 16.8. The van der Waals surface area contributed by atoms with Crippen LogP contribution in [0.3, 0.4) is 0 Å².